The van der Waals surface area contributed by atoms with Crippen molar-refractivity contribution >= 4 is 29.1 Å². The van der Waals surface area contributed by atoms with Crippen molar-refractivity contribution in [3.8, 4) is 0 Å². The fraction of sp³-hybridized carbons (Fsp3) is 0.158. The molecule has 3 rings (SSSR count). The lowest BCUT2D eigenvalue weighted by Gasteiger charge is -2.11. The number of benzene rings is 2. The lowest BCUT2D eigenvalue weighted by atomic mass is 10.1. The number of carbonyl (C=O) groups is 1. The van der Waals surface area contributed by atoms with Crippen LogP contribution in [0.1, 0.15) is 21.6 Å². The van der Waals surface area contributed by atoms with Crippen molar-refractivity contribution in [3.63, 3.8) is 0 Å². The molecule has 1 heterocycles. The van der Waals surface area contributed by atoms with Crippen molar-refractivity contribution in [1.82, 2.24) is 9.55 Å². The first-order valence-electron chi connectivity index (χ1n) is 7.88. The van der Waals surface area contributed by atoms with E-state index in [2.05, 4.69) is 4.98 Å². The quantitative estimate of drug-likeness (QED) is 0.485. The summed E-state index contributed by atoms with van der Waals surface area (Å²) in [6.07, 6.45) is 1.54. The van der Waals surface area contributed by atoms with Gasteiger partial charge in [0.25, 0.3) is 0 Å². The molecule has 4 nitrogen and oxygen atoms in total. The fourth-order valence-electron chi connectivity index (χ4n) is 2.45. The van der Waals surface area contributed by atoms with E-state index in [0.29, 0.717) is 27.0 Å². The van der Waals surface area contributed by atoms with Crippen molar-refractivity contribution in [2.24, 2.45) is 0 Å². The van der Waals surface area contributed by atoms with E-state index in [4.69, 9.17) is 11.6 Å². The Hall–Kier alpha value is -2.15. The molecule has 3 aromatic rings. The molecule has 0 amide bonds. The molecule has 0 saturated heterocycles. The van der Waals surface area contributed by atoms with E-state index in [-0.39, 0.29) is 30.5 Å². The number of ketones is 1. The molecule has 0 saturated carbocycles. The molecule has 0 fully saturated rings. The Morgan fingerprint density at radius 2 is 1.92 bits per heavy atom. The van der Waals surface area contributed by atoms with Crippen LogP contribution in [-0.2, 0) is 13.2 Å². The number of hydrogen-bond donors (Lipinski definition) is 1. The summed E-state index contributed by atoms with van der Waals surface area (Å²) < 4.78 is 15.7. The number of carbonyl (C=O) groups excluding carboxylic acids is 1. The van der Waals surface area contributed by atoms with Gasteiger partial charge in [-0.3, -0.25) is 4.79 Å². The minimum absolute atomic E-state index is 0.0577. The molecular formula is C19H16ClFN2O2S. The number of Topliss-reactive ketones (excluding diaryl/α,β-unsaturated/α-hetero) is 1. The first-order valence-corrected chi connectivity index (χ1v) is 9.25. The van der Waals surface area contributed by atoms with Crippen molar-refractivity contribution in [3.05, 3.63) is 82.4 Å². The van der Waals surface area contributed by atoms with E-state index in [1.165, 1.54) is 24.0 Å². The van der Waals surface area contributed by atoms with Crippen LogP contribution in [0, 0.1) is 5.82 Å². The smallest absolute Gasteiger partial charge is 0.173 e. The normalized spacial score (nSPS) is 10.9. The van der Waals surface area contributed by atoms with Gasteiger partial charge < -0.3 is 9.67 Å². The zero-order valence-electron chi connectivity index (χ0n) is 13.7. The van der Waals surface area contributed by atoms with Crippen molar-refractivity contribution in [2.45, 2.75) is 18.3 Å². The highest BCUT2D eigenvalue weighted by Crippen LogP contribution is 2.22. The lowest BCUT2D eigenvalue weighted by Crippen LogP contribution is -2.09. The van der Waals surface area contributed by atoms with Gasteiger partial charge in [0.15, 0.2) is 10.9 Å². The van der Waals surface area contributed by atoms with Gasteiger partial charge in [-0.05, 0) is 30.3 Å². The van der Waals surface area contributed by atoms with E-state index >= 15 is 0 Å². The maximum atomic E-state index is 13.9. The summed E-state index contributed by atoms with van der Waals surface area (Å²) >= 11 is 7.09. The fourth-order valence-corrected chi connectivity index (χ4v) is 3.47. The molecular weight excluding hydrogens is 375 g/mol. The van der Waals surface area contributed by atoms with Crippen LogP contribution in [0.4, 0.5) is 4.39 Å². The largest absolute Gasteiger partial charge is 0.390 e. The molecule has 0 aliphatic heterocycles. The van der Waals surface area contributed by atoms with E-state index in [1.54, 1.807) is 47.0 Å². The summed E-state index contributed by atoms with van der Waals surface area (Å²) in [4.78, 5) is 16.6. The van der Waals surface area contributed by atoms with Crippen LogP contribution in [0.25, 0.3) is 0 Å². The van der Waals surface area contributed by atoms with E-state index in [0.717, 1.165) is 0 Å². The van der Waals surface area contributed by atoms with Crippen LogP contribution < -0.4 is 0 Å². The Labute approximate surface area is 159 Å². The van der Waals surface area contributed by atoms with E-state index in [9.17, 15) is 14.3 Å². The number of nitrogens with zero attached hydrogens (tertiary/aromatic N) is 2. The SMILES string of the molecule is O=C(CSc1ncc(CO)n1Cc1ccccc1F)c1ccc(Cl)cc1. The minimum atomic E-state index is -0.321. The van der Waals surface area contributed by atoms with Gasteiger partial charge in [0, 0.05) is 16.1 Å². The van der Waals surface area contributed by atoms with Gasteiger partial charge >= 0.3 is 0 Å². The molecule has 0 aliphatic carbocycles. The third-order valence-corrected chi connectivity index (χ3v) is 5.09. The van der Waals surface area contributed by atoms with Crippen LogP contribution in [0.5, 0.6) is 0 Å². The third-order valence-electron chi connectivity index (χ3n) is 3.85. The molecule has 1 aromatic heterocycles. The summed E-state index contributed by atoms with van der Waals surface area (Å²) in [6.45, 7) is 0.0210. The molecule has 134 valence electrons. The minimum Gasteiger partial charge on any atom is -0.390 e. The maximum absolute atomic E-state index is 13.9. The average molecular weight is 391 g/mol. The third kappa shape index (κ3) is 4.33. The van der Waals surface area contributed by atoms with Crippen LogP contribution in [0.3, 0.4) is 0 Å². The predicted molar refractivity (Wildman–Crippen MR) is 100 cm³/mol. The zero-order chi connectivity index (χ0) is 18.5. The monoisotopic (exact) mass is 390 g/mol. The highest BCUT2D eigenvalue weighted by atomic mass is 35.5. The molecule has 0 atom stereocenters. The number of rotatable bonds is 7. The zero-order valence-corrected chi connectivity index (χ0v) is 15.3. The summed E-state index contributed by atoms with van der Waals surface area (Å²) in [7, 11) is 0. The summed E-state index contributed by atoms with van der Waals surface area (Å²) in [5.74, 6) is -0.197. The highest BCUT2D eigenvalue weighted by Gasteiger charge is 2.14. The summed E-state index contributed by atoms with van der Waals surface area (Å²) in [6, 6.07) is 13.1. The number of imidazole rings is 1. The molecule has 26 heavy (non-hydrogen) atoms. The van der Waals surface area contributed by atoms with Crippen molar-refractivity contribution in [1.29, 1.82) is 0 Å². The number of thioether (sulfide) groups is 1. The Bertz CT molecular complexity index is 912. The number of aliphatic hydroxyl groups is 1. The molecule has 0 aliphatic rings. The Morgan fingerprint density at radius 1 is 1.19 bits per heavy atom. The summed E-state index contributed by atoms with van der Waals surface area (Å²) in [5, 5.41) is 10.6. The number of aromatic nitrogens is 2. The first kappa shape index (κ1) is 18.6. The van der Waals surface area contributed by atoms with Gasteiger partial charge in [-0.15, -0.1) is 0 Å². The Kier molecular flexibility index (Phi) is 6.08. The van der Waals surface area contributed by atoms with E-state index < -0.39 is 0 Å². The molecule has 0 unspecified atom stereocenters. The van der Waals surface area contributed by atoms with Gasteiger partial charge in [0.2, 0.25) is 0 Å². The highest BCUT2D eigenvalue weighted by molar-refractivity contribution is 7.99. The number of aliphatic hydroxyl groups excluding tert-OH is 1. The van der Waals surface area contributed by atoms with Gasteiger partial charge in [0.1, 0.15) is 5.82 Å². The first-order chi connectivity index (χ1) is 12.6. The number of halogens is 2. The van der Waals surface area contributed by atoms with Crippen LogP contribution in [0.15, 0.2) is 59.9 Å². The predicted octanol–water partition coefficient (Wildman–Crippen LogP) is 4.19. The van der Waals surface area contributed by atoms with Crippen molar-refractivity contribution in [2.75, 3.05) is 5.75 Å². The van der Waals surface area contributed by atoms with Crippen LogP contribution in [0.2, 0.25) is 5.02 Å². The lowest BCUT2D eigenvalue weighted by molar-refractivity contribution is 0.102. The Morgan fingerprint density at radius 3 is 2.62 bits per heavy atom. The van der Waals surface area contributed by atoms with Gasteiger partial charge in [0.05, 0.1) is 30.8 Å². The van der Waals surface area contributed by atoms with Gasteiger partial charge in [-0.25, -0.2) is 9.37 Å². The summed E-state index contributed by atoms with van der Waals surface area (Å²) in [5.41, 5.74) is 1.62. The Balaban J connectivity index is 1.76. The molecule has 2 aromatic carbocycles. The van der Waals surface area contributed by atoms with Gasteiger partial charge in [-0.2, -0.15) is 0 Å². The maximum Gasteiger partial charge on any atom is 0.173 e. The average Bonchev–Trinajstić information content (AvgIpc) is 3.04. The van der Waals surface area contributed by atoms with Crippen LogP contribution in [-0.4, -0.2) is 26.2 Å². The van der Waals surface area contributed by atoms with Crippen molar-refractivity contribution < 1.29 is 14.3 Å². The molecule has 7 heteroatoms. The number of hydrogen-bond acceptors (Lipinski definition) is 4. The molecule has 0 radical (unpaired) electrons. The second kappa shape index (κ2) is 8.49. The molecule has 1 N–H and O–H groups in total. The van der Waals surface area contributed by atoms with E-state index in [1.807, 2.05) is 0 Å². The standard InChI is InChI=1S/C19H16ClFN2O2S/c20-15-7-5-13(6-8-15)18(25)12-26-19-22-9-16(11-24)23(19)10-14-3-1-2-4-17(14)21/h1-9,24H,10-12H2. The van der Waals surface area contributed by atoms with Gasteiger partial charge in [-0.1, -0.05) is 41.6 Å². The van der Waals surface area contributed by atoms with Crippen LogP contribution >= 0.6 is 23.4 Å². The second-order valence-electron chi connectivity index (χ2n) is 5.59. The second-order valence-corrected chi connectivity index (χ2v) is 6.97. The molecule has 0 spiro atoms. The topological polar surface area (TPSA) is 55.1 Å². The molecule has 0 bridgehead atoms.